The third kappa shape index (κ3) is 7.85. The Labute approximate surface area is 331 Å². The second kappa shape index (κ2) is 16.4. The molecule has 2 unspecified atom stereocenters. The summed E-state index contributed by atoms with van der Waals surface area (Å²) in [5.41, 5.74) is 5.53. The predicted octanol–water partition coefficient (Wildman–Crippen LogP) is 5.58. The van der Waals surface area contributed by atoms with Crippen molar-refractivity contribution in [1.29, 1.82) is 0 Å². The van der Waals surface area contributed by atoms with Gasteiger partial charge in [0.05, 0.1) is 56.0 Å². The molecule has 0 radical (unpaired) electrons. The Kier molecular flexibility index (Phi) is 11.4. The Morgan fingerprint density at radius 2 is 1.39 bits per heavy atom. The number of aromatic nitrogens is 4. The van der Waals surface area contributed by atoms with Crippen LogP contribution >= 0.6 is 0 Å². The number of carbonyl (C=O) groups excluding carboxylic acids is 4. The van der Waals surface area contributed by atoms with Crippen molar-refractivity contribution in [3.05, 3.63) is 72.6 Å². The highest BCUT2D eigenvalue weighted by Gasteiger charge is 2.55. The molecule has 2 bridgehead atoms. The van der Waals surface area contributed by atoms with Crippen LogP contribution in [-0.4, -0.2) is 104 Å². The van der Waals surface area contributed by atoms with Crippen LogP contribution in [0, 0.1) is 17.8 Å². The van der Waals surface area contributed by atoms with Crippen molar-refractivity contribution in [2.75, 3.05) is 20.8 Å². The minimum atomic E-state index is -0.804. The fourth-order valence-corrected chi connectivity index (χ4v) is 8.69. The fraction of sp³-hybridized carbons (Fsp3) is 0.476. The van der Waals surface area contributed by atoms with Crippen LogP contribution in [0.25, 0.3) is 33.6 Å². The molecule has 1 aliphatic carbocycles. The minimum absolute atomic E-state index is 0.0403. The van der Waals surface area contributed by atoms with Crippen molar-refractivity contribution in [3.63, 3.8) is 0 Å². The van der Waals surface area contributed by atoms with Crippen LogP contribution in [0.4, 0.5) is 9.59 Å². The number of fused-ring (bicyclic) bond motifs is 2. The number of nitrogens with one attached hydrogen (secondary N) is 4. The second-order valence-electron chi connectivity index (χ2n) is 16.0. The van der Waals surface area contributed by atoms with Crippen LogP contribution in [0.15, 0.2) is 60.9 Å². The van der Waals surface area contributed by atoms with E-state index in [1.165, 1.54) is 14.2 Å². The molecule has 3 aliphatic rings. The molecule has 4 amide bonds. The first-order valence-corrected chi connectivity index (χ1v) is 19.7. The van der Waals surface area contributed by atoms with Gasteiger partial charge in [-0.1, -0.05) is 76.2 Å². The zero-order chi connectivity index (χ0) is 40.5. The summed E-state index contributed by atoms with van der Waals surface area (Å²) in [6.07, 6.45) is 4.57. The molecule has 2 aromatic carbocycles. The maximum Gasteiger partial charge on any atom is 0.407 e. The lowest BCUT2D eigenvalue weighted by Gasteiger charge is -2.39. The highest BCUT2D eigenvalue weighted by Crippen LogP contribution is 2.50. The maximum atomic E-state index is 13.9. The lowest BCUT2D eigenvalue weighted by Crippen LogP contribution is -2.56. The van der Waals surface area contributed by atoms with E-state index in [9.17, 15) is 24.3 Å². The first-order valence-electron chi connectivity index (χ1n) is 19.7. The number of hydrogen-bond acceptors (Lipinski definition) is 9. The average Bonchev–Trinajstić information content (AvgIpc) is 4.07. The van der Waals surface area contributed by atoms with E-state index >= 15 is 0 Å². The summed E-state index contributed by atoms with van der Waals surface area (Å²) in [4.78, 5) is 71.4. The summed E-state index contributed by atoms with van der Waals surface area (Å²) >= 11 is 0. The van der Waals surface area contributed by atoms with Crippen molar-refractivity contribution in [2.45, 2.75) is 89.7 Å². The fourth-order valence-electron chi connectivity index (χ4n) is 8.69. The minimum Gasteiger partial charge on any atom is -0.453 e. The summed E-state index contributed by atoms with van der Waals surface area (Å²) < 4.78 is 9.54. The van der Waals surface area contributed by atoms with Crippen LogP contribution in [0.3, 0.4) is 0 Å². The van der Waals surface area contributed by atoms with Gasteiger partial charge >= 0.3 is 12.2 Å². The number of nitrogens with zero attached hydrogens (tertiary/aromatic N) is 4. The van der Waals surface area contributed by atoms with Gasteiger partial charge in [0.2, 0.25) is 11.8 Å². The van der Waals surface area contributed by atoms with Crippen molar-refractivity contribution in [3.8, 4) is 33.6 Å². The molecule has 1 saturated carbocycles. The number of benzene rings is 2. The van der Waals surface area contributed by atoms with E-state index in [-0.39, 0.29) is 47.7 Å². The standard InChI is InChI=1S/C42H52N8O7/c1-22(2)34(47-41(54)56-5)39(52)49-17-7-8-31(49)37-43-20-29(45-37)26-13-9-24(10-14-26)25-11-15-27(16-12-25)30-21-44-38(46-30)36-28-18-32(33(51)19-28)50(36)40(53)35(23(3)4)48-42(55)57-6/h9-16,20-23,28,31-36,51H,7-8,17-19H2,1-6H3,(H,43,45)(H,44,46)(H,47,54)(H,48,55)/t28?,31-,32?,33+,34-,35-,36-/m0/s1. The van der Waals surface area contributed by atoms with Crippen molar-refractivity contribution >= 4 is 24.0 Å². The van der Waals surface area contributed by atoms with E-state index in [2.05, 4.69) is 37.7 Å². The van der Waals surface area contributed by atoms with Gasteiger partial charge in [-0.15, -0.1) is 0 Å². The van der Waals surface area contributed by atoms with E-state index in [1.54, 1.807) is 16.0 Å². The molecule has 7 rings (SSSR count). The number of aliphatic hydroxyl groups is 1. The number of ether oxygens (including phenoxy) is 2. The number of rotatable bonds is 11. The van der Waals surface area contributed by atoms with Gasteiger partial charge in [0.15, 0.2) is 0 Å². The molecule has 57 heavy (non-hydrogen) atoms. The number of methoxy groups -OCH3 is 2. The molecule has 7 atom stereocenters. The highest BCUT2D eigenvalue weighted by atomic mass is 16.5. The molecule has 4 heterocycles. The Bertz CT molecular complexity index is 2080. The number of H-pyrrole nitrogens is 2. The molecule has 0 spiro atoms. The third-order valence-corrected chi connectivity index (χ3v) is 11.7. The summed E-state index contributed by atoms with van der Waals surface area (Å²) in [7, 11) is 2.55. The number of likely N-dealkylation sites (tertiary alicyclic amines) is 2. The number of carbonyl (C=O) groups is 4. The number of aromatic amines is 2. The van der Waals surface area contributed by atoms with E-state index in [4.69, 9.17) is 14.5 Å². The van der Waals surface area contributed by atoms with Crippen molar-refractivity contribution in [2.24, 2.45) is 17.8 Å². The molecular formula is C42H52N8O7. The Morgan fingerprint density at radius 1 is 0.807 bits per heavy atom. The predicted molar refractivity (Wildman–Crippen MR) is 211 cm³/mol. The summed E-state index contributed by atoms with van der Waals surface area (Å²) in [6, 6.07) is 13.9. The first kappa shape index (κ1) is 39.5. The van der Waals surface area contributed by atoms with Crippen molar-refractivity contribution in [1.82, 2.24) is 40.4 Å². The van der Waals surface area contributed by atoms with Gasteiger partial charge < -0.3 is 45.0 Å². The number of amides is 4. The average molecular weight is 781 g/mol. The second-order valence-corrected chi connectivity index (χ2v) is 16.0. The zero-order valence-electron chi connectivity index (χ0n) is 33.2. The van der Waals surface area contributed by atoms with Crippen LogP contribution in [0.5, 0.6) is 0 Å². The number of aliphatic hydroxyl groups excluding tert-OH is 1. The Hall–Kier alpha value is -5.70. The molecule has 2 aliphatic heterocycles. The molecule has 3 fully saturated rings. The topological polar surface area (TPSA) is 195 Å². The van der Waals surface area contributed by atoms with Gasteiger partial charge in [-0.05, 0) is 60.1 Å². The molecule has 2 saturated heterocycles. The van der Waals surface area contributed by atoms with Crippen molar-refractivity contribution < 1.29 is 33.8 Å². The summed E-state index contributed by atoms with van der Waals surface area (Å²) in [5.74, 6) is 0.699. The smallest absolute Gasteiger partial charge is 0.407 e. The maximum absolute atomic E-state index is 13.9. The van der Waals surface area contributed by atoms with Crippen LogP contribution in [0.2, 0.25) is 0 Å². The molecule has 15 nitrogen and oxygen atoms in total. The van der Waals surface area contributed by atoms with Gasteiger partial charge in [0.25, 0.3) is 0 Å². The lowest BCUT2D eigenvalue weighted by atomic mass is 9.94. The molecule has 15 heteroatoms. The van der Waals surface area contributed by atoms with Crippen LogP contribution in [0.1, 0.15) is 77.1 Å². The Morgan fingerprint density at radius 3 is 1.98 bits per heavy atom. The monoisotopic (exact) mass is 780 g/mol. The zero-order valence-corrected chi connectivity index (χ0v) is 33.2. The highest BCUT2D eigenvalue weighted by molar-refractivity contribution is 5.87. The van der Waals surface area contributed by atoms with E-state index in [0.717, 1.165) is 46.5 Å². The normalized spacial score (nSPS) is 22.5. The van der Waals surface area contributed by atoms with Gasteiger partial charge in [-0.3, -0.25) is 9.59 Å². The number of hydrogen-bond donors (Lipinski definition) is 5. The van der Waals surface area contributed by atoms with Gasteiger partial charge in [0, 0.05) is 18.3 Å². The Balaban J connectivity index is 1.03. The third-order valence-electron chi connectivity index (χ3n) is 11.7. The number of alkyl carbamates (subject to hydrolysis) is 2. The number of imidazole rings is 2. The molecule has 5 N–H and O–H groups in total. The van der Waals surface area contributed by atoms with Crippen LogP contribution < -0.4 is 10.6 Å². The van der Waals surface area contributed by atoms with Gasteiger partial charge in [-0.2, -0.15) is 0 Å². The molecule has 4 aromatic rings. The first-order chi connectivity index (χ1) is 27.4. The van der Waals surface area contributed by atoms with E-state index < -0.39 is 30.4 Å². The van der Waals surface area contributed by atoms with Crippen LogP contribution in [-0.2, 0) is 19.1 Å². The van der Waals surface area contributed by atoms with E-state index in [1.807, 2.05) is 70.3 Å². The van der Waals surface area contributed by atoms with E-state index in [0.29, 0.717) is 31.0 Å². The van der Waals surface area contributed by atoms with Gasteiger partial charge in [-0.25, -0.2) is 19.6 Å². The SMILES string of the molecule is COC(=O)N[C@H](C(=O)N1CCC[C@H]1c1ncc(-c2ccc(-c3ccc(-c4c[nH]c([C@@H]5C6CC([C@H](O)C6)N5C(=O)[C@@H](NC(=O)OC)C(C)C)n4)cc3)cc2)[nH]1)C(C)C. The molecule has 2 aromatic heterocycles. The lowest BCUT2D eigenvalue weighted by molar-refractivity contribution is -0.142. The number of piperidine rings is 1. The quantitative estimate of drug-likeness (QED) is 0.129. The summed E-state index contributed by atoms with van der Waals surface area (Å²) in [6.45, 7) is 8.11. The molecule has 302 valence electrons. The molecular weight excluding hydrogens is 729 g/mol. The van der Waals surface area contributed by atoms with Gasteiger partial charge in [0.1, 0.15) is 23.7 Å². The summed E-state index contributed by atoms with van der Waals surface area (Å²) in [5, 5.41) is 16.2. The largest absolute Gasteiger partial charge is 0.453 e.